The number of carbonyl (C=O) groups excluding carboxylic acids is 1. The Kier molecular flexibility index (Phi) is 5.01. The van der Waals surface area contributed by atoms with Crippen molar-refractivity contribution in [1.82, 2.24) is 14.7 Å². The Bertz CT molecular complexity index is 622. The molecule has 5 nitrogen and oxygen atoms in total. The molecule has 1 aromatic heterocycles. The van der Waals surface area contributed by atoms with Gasteiger partial charge < -0.3 is 9.64 Å². The normalized spacial score (nSPS) is 10.5. The van der Waals surface area contributed by atoms with Gasteiger partial charge in [0.25, 0.3) is 5.91 Å². The summed E-state index contributed by atoms with van der Waals surface area (Å²) in [5.74, 6) is 0.689. The highest BCUT2D eigenvalue weighted by atomic mass is 79.9. The minimum absolute atomic E-state index is 0.0457. The SMILES string of the molecule is CCn1cc(Br)c(CN(C)C(=O)c2ccc(OC)cc2)n1. The Hall–Kier alpha value is -1.82. The Morgan fingerprint density at radius 1 is 1.38 bits per heavy atom. The average molecular weight is 352 g/mol. The summed E-state index contributed by atoms with van der Waals surface area (Å²) in [7, 11) is 3.37. The van der Waals surface area contributed by atoms with Gasteiger partial charge in [-0.15, -0.1) is 0 Å². The van der Waals surface area contributed by atoms with Crippen LogP contribution in [0.25, 0.3) is 0 Å². The maximum Gasteiger partial charge on any atom is 0.253 e. The minimum Gasteiger partial charge on any atom is -0.497 e. The van der Waals surface area contributed by atoms with Crippen molar-refractivity contribution in [2.45, 2.75) is 20.0 Å². The first-order valence-corrected chi connectivity index (χ1v) is 7.45. The third-order valence-corrected chi connectivity index (χ3v) is 3.84. The standard InChI is InChI=1S/C15H18BrN3O2/c1-4-19-9-13(16)14(17-19)10-18(2)15(20)11-5-7-12(21-3)8-6-11/h5-9H,4,10H2,1-3H3. The van der Waals surface area contributed by atoms with Gasteiger partial charge in [0.2, 0.25) is 0 Å². The summed E-state index contributed by atoms with van der Waals surface area (Å²) < 4.78 is 7.85. The lowest BCUT2D eigenvalue weighted by Gasteiger charge is -2.16. The molecule has 2 aromatic rings. The Balaban J connectivity index is 2.09. The zero-order valence-corrected chi connectivity index (χ0v) is 13.9. The number of carbonyl (C=O) groups is 1. The second-order valence-corrected chi connectivity index (χ2v) is 5.52. The van der Waals surface area contributed by atoms with Crippen molar-refractivity contribution in [2.75, 3.05) is 14.2 Å². The van der Waals surface area contributed by atoms with Crippen LogP contribution in [0.3, 0.4) is 0 Å². The summed E-state index contributed by atoms with van der Waals surface area (Å²) in [6, 6.07) is 7.08. The van der Waals surface area contributed by atoms with E-state index in [9.17, 15) is 4.79 Å². The van der Waals surface area contributed by atoms with E-state index in [1.165, 1.54) is 0 Å². The van der Waals surface area contributed by atoms with Crippen LogP contribution in [0.4, 0.5) is 0 Å². The molecule has 21 heavy (non-hydrogen) atoms. The Morgan fingerprint density at radius 2 is 2.05 bits per heavy atom. The van der Waals surface area contributed by atoms with E-state index >= 15 is 0 Å². The molecule has 0 saturated heterocycles. The topological polar surface area (TPSA) is 47.4 Å². The van der Waals surface area contributed by atoms with E-state index in [-0.39, 0.29) is 5.91 Å². The smallest absolute Gasteiger partial charge is 0.253 e. The number of benzene rings is 1. The highest BCUT2D eigenvalue weighted by Gasteiger charge is 2.15. The van der Waals surface area contributed by atoms with Crippen LogP contribution in [0.2, 0.25) is 0 Å². The molecule has 1 heterocycles. The van der Waals surface area contributed by atoms with Crippen molar-refractivity contribution in [2.24, 2.45) is 0 Å². The van der Waals surface area contributed by atoms with E-state index in [1.807, 2.05) is 17.8 Å². The second kappa shape index (κ2) is 6.76. The van der Waals surface area contributed by atoms with Gasteiger partial charge in [-0.3, -0.25) is 9.48 Å². The first-order chi connectivity index (χ1) is 10.0. The summed E-state index contributed by atoms with van der Waals surface area (Å²) in [5.41, 5.74) is 1.48. The van der Waals surface area contributed by atoms with Crippen LogP contribution >= 0.6 is 15.9 Å². The lowest BCUT2D eigenvalue weighted by molar-refractivity contribution is 0.0783. The highest BCUT2D eigenvalue weighted by molar-refractivity contribution is 9.10. The number of ether oxygens (including phenoxy) is 1. The molecule has 0 saturated carbocycles. The van der Waals surface area contributed by atoms with Crippen LogP contribution in [-0.4, -0.2) is 34.7 Å². The monoisotopic (exact) mass is 351 g/mol. The molecule has 0 aliphatic carbocycles. The molecule has 0 aliphatic rings. The van der Waals surface area contributed by atoms with Crippen LogP contribution in [0.15, 0.2) is 34.9 Å². The van der Waals surface area contributed by atoms with Crippen molar-refractivity contribution < 1.29 is 9.53 Å². The number of amides is 1. The molecule has 112 valence electrons. The third kappa shape index (κ3) is 3.64. The molecule has 0 atom stereocenters. The number of rotatable bonds is 5. The first kappa shape index (κ1) is 15.6. The van der Waals surface area contributed by atoms with Crippen molar-refractivity contribution in [1.29, 1.82) is 0 Å². The molecule has 0 bridgehead atoms. The van der Waals surface area contributed by atoms with Crippen LogP contribution < -0.4 is 4.74 Å². The van der Waals surface area contributed by atoms with Gasteiger partial charge in [0.1, 0.15) is 5.75 Å². The fraction of sp³-hybridized carbons (Fsp3) is 0.333. The number of methoxy groups -OCH3 is 1. The molecule has 0 unspecified atom stereocenters. The lowest BCUT2D eigenvalue weighted by atomic mass is 10.2. The summed E-state index contributed by atoms with van der Waals surface area (Å²) in [6.45, 7) is 3.28. The van der Waals surface area contributed by atoms with Gasteiger partial charge in [-0.2, -0.15) is 5.10 Å². The fourth-order valence-corrected chi connectivity index (χ4v) is 2.40. The highest BCUT2D eigenvalue weighted by Crippen LogP contribution is 2.18. The van der Waals surface area contributed by atoms with Gasteiger partial charge in [-0.05, 0) is 47.1 Å². The quantitative estimate of drug-likeness (QED) is 0.831. The number of nitrogens with zero attached hydrogens (tertiary/aromatic N) is 3. The summed E-state index contributed by atoms with van der Waals surface area (Å²) in [5, 5.41) is 4.43. The van der Waals surface area contributed by atoms with Crippen LogP contribution in [0.1, 0.15) is 23.0 Å². The van der Waals surface area contributed by atoms with Gasteiger partial charge in [0.05, 0.1) is 23.8 Å². The van der Waals surface area contributed by atoms with Gasteiger partial charge >= 0.3 is 0 Å². The number of aromatic nitrogens is 2. The van der Waals surface area contributed by atoms with E-state index in [1.54, 1.807) is 43.3 Å². The molecule has 1 amide bonds. The van der Waals surface area contributed by atoms with E-state index in [2.05, 4.69) is 21.0 Å². The molecule has 0 fully saturated rings. The zero-order chi connectivity index (χ0) is 15.4. The summed E-state index contributed by atoms with van der Waals surface area (Å²) >= 11 is 3.47. The predicted octanol–water partition coefficient (Wildman–Crippen LogP) is 2.95. The molecule has 0 aliphatic heterocycles. The third-order valence-electron chi connectivity index (χ3n) is 3.18. The molecule has 0 radical (unpaired) electrons. The Labute approximate surface area is 132 Å². The van der Waals surface area contributed by atoms with E-state index in [4.69, 9.17) is 4.74 Å². The molecule has 1 aromatic carbocycles. The number of aryl methyl sites for hydroxylation is 1. The van der Waals surface area contributed by atoms with Gasteiger partial charge in [-0.25, -0.2) is 0 Å². The number of hydrogen-bond acceptors (Lipinski definition) is 3. The maximum absolute atomic E-state index is 12.4. The maximum atomic E-state index is 12.4. The van der Waals surface area contributed by atoms with Gasteiger partial charge in [-0.1, -0.05) is 0 Å². The minimum atomic E-state index is -0.0457. The van der Waals surface area contributed by atoms with Crippen LogP contribution in [0.5, 0.6) is 5.75 Å². The van der Waals surface area contributed by atoms with E-state index < -0.39 is 0 Å². The lowest BCUT2D eigenvalue weighted by Crippen LogP contribution is -2.26. The zero-order valence-electron chi connectivity index (χ0n) is 12.3. The van der Waals surface area contributed by atoms with Crippen molar-refractivity contribution >= 4 is 21.8 Å². The molecule has 6 heteroatoms. The van der Waals surface area contributed by atoms with Crippen LogP contribution in [-0.2, 0) is 13.1 Å². The number of halogens is 1. The Morgan fingerprint density at radius 3 is 2.57 bits per heavy atom. The molecular weight excluding hydrogens is 334 g/mol. The number of hydrogen-bond donors (Lipinski definition) is 0. The van der Waals surface area contributed by atoms with Crippen molar-refractivity contribution in [3.05, 3.63) is 46.2 Å². The molecule has 2 rings (SSSR count). The van der Waals surface area contributed by atoms with Crippen molar-refractivity contribution in [3.8, 4) is 5.75 Å². The average Bonchev–Trinajstić information content (AvgIpc) is 2.86. The first-order valence-electron chi connectivity index (χ1n) is 6.66. The molecule has 0 spiro atoms. The van der Waals surface area contributed by atoms with E-state index in [0.717, 1.165) is 22.5 Å². The van der Waals surface area contributed by atoms with Crippen LogP contribution in [0, 0.1) is 0 Å². The molecule has 0 N–H and O–H groups in total. The van der Waals surface area contributed by atoms with E-state index in [0.29, 0.717) is 12.1 Å². The largest absolute Gasteiger partial charge is 0.497 e. The fourth-order valence-electron chi connectivity index (χ4n) is 1.96. The van der Waals surface area contributed by atoms with Crippen molar-refractivity contribution in [3.63, 3.8) is 0 Å². The summed E-state index contributed by atoms with van der Waals surface area (Å²) in [6.07, 6.45) is 1.92. The van der Waals surface area contributed by atoms with Gasteiger partial charge in [0, 0.05) is 25.4 Å². The molecular formula is C15H18BrN3O2. The predicted molar refractivity (Wildman–Crippen MR) is 84.4 cm³/mol. The summed E-state index contributed by atoms with van der Waals surface area (Å²) in [4.78, 5) is 14.0. The van der Waals surface area contributed by atoms with Gasteiger partial charge in [0.15, 0.2) is 0 Å². The second-order valence-electron chi connectivity index (χ2n) is 4.67.